The van der Waals surface area contributed by atoms with Crippen LogP contribution in [0.5, 0.6) is 5.75 Å². The molecule has 0 saturated heterocycles. The molecule has 1 rings (SSSR count). The van der Waals surface area contributed by atoms with Crippen molar-refractivity contribution in [3.8, 4) is 5.75 Å². The van der Waals surface area contributed by atoms with Crippen molar-refractivity contribution < 1.29 is 9.90 Å². The molecule has 94 valence electrons. The standard InChI is InChI=1S/C13H18BrNO2/c1-13(2,3)10-6-8(14)5-9(12(10)17)11(16)7-15-4/h5-6,15,17H,7H2,1-4H3. The number of phenols is 1. The molecule has 17 heavy (non-hydrogen) atoms. The Morgan fingerprint density at radius 3 is 2.47 bits per heavy atom. The fourth-order valence-corrected chi connectivity index (χ4v) is 2.10. The van der Waals surface area contributed by atoms with Crippen LogP contribution in [0.4, 0.5) is 0 Å². The number of hydrogen-bond donors (Lipinski definition) is 2. The summed E-state index contributed by atoms with van der Waals surface area (Å²) >= 11 is 3.38. The van der Waals surface area contributed by atoms with Crippen LogP contribution in [0.3, 0.4) is 0 Å². The molecule has 0 fully saturated rings. The number of ketones is 1. The average molecular weight is 300 g/mol. The van der Waals surface area contributed by atoms with Crippen LogP contribution in [0.15, 0.2) is 16.6 Å². The zero-order chi connectivity index (χ0) is 13.2. The maximum atomic E-state index is 11.9. The number of nitrogens with one attached hydrogen (secondary N) is 1. The normalized spacial score (nSPS) is 11.6. The highest BCUT2D eigenvalue weighted by molar-refractivity contribution is 9.10. The zero-order valence-corrected chi connectivity index (χ0v) is 12.2. The second kappa shape index (κ2) is 5.19. The predicted octanol–water partition coefficient (Wildman–Crippen LogP) is 2.85. The van der Waals surface area contributed by atoms with Crippen molar-refractivity contribution in [3.05, 3.63) is 27.7 Å². The summed E-state index contributed by atoms with van der Waals surface area (Å²) in [7, 11) is 1.71. The lowest BCUT2D eigenvalue weighted by atomic mass is 9.85. The highest BCUT2D eigenvalue weighted by Crippen LogP contribution is 2.36. The van der Waals surface area contributed by atoms with Gasteiger partial charge in [0.1, 0.15) is 5.75 Å². The quantitative estimate of drug-likeness (QED) is 0.844. The van der Waals surface area contributed by atoms with Crippen LogP contribution < -0.4 is 5.32 Å². The molecule has 0 radical (unpaired) electrons. The predicted molar refractivity (Wildman–Crippen MR) is 72.8 cm³/mol. The van der Waals surface area contributed by atoms with Gasteiger partial charge in [-0.05, 0) is 24.6 Å². The van der Waals surface area contributed by atoms with Gasteiger partial charge in [-0.1, -0.05) is 36.7 Å². The first-order valence-corrected chi connectivity index (χ1v) is 6.27. The van der Waals surface area contributed by atoms with Crippen LogP contribution >= 0.6 is 15.9 Å². The van der Waals surface area contributed by atoms with Crippen LogP contribution in [0.25, 0.3) is 0 Å². The second-order valence-corrected chi connectivity index (χ2v) is 5.97. The largest absolute Gasteiger partial charge is 0.507 e. The highest BCUT2D eigenvalue weighted by Gasteiger charge is 2.23. The van der Waals surface area contributed by atoms with E-state index in [9.17, 15) is 9.90 Å². The van der Waals surface area contributed by atoms with Crippen molar-refractivity contribution in [1.29, 1.82) is 0 Å². The van der Waals surface area contributed by atoms with Gasteiger partial charge in [-0.3, -0.25) is 4.79 Å². The molecule has 0 spiro atoms. The fourth-order valence-electron chi connectivity index (χ4n) is 1.64. The summed E-state index contributed by atoms with van der Waals surface area (Å²) in [5, 5.41) is 13.0. The Bertz CT molecular complexity index is 436. The number of carbonyl (C=O) groups is 1. The molecule has 2 N–H and O–H groups in total. The van der Waals surface area contributed by atoms with E-state index < -0.39 is 0 Å². The molecule has 0 bridgehead atoms. The fraction of sp³-hybridized carbons (Fsp3) is 0.462. The number of carbonyl (C=O) groups excluding carboxylic acids is 1. The van der Waals surface area contributed by atoms with E-state index in [-0.39, 0.29) is 23.5 Å². The third-order valence-electron chi connectivity index (χ3n) is 2.52. The van der Waals surface area contributed by atoms with E-state index in [1.165, 1.54) is 0 Å². The first-order valence-electron chi connectivity index (χ1n) is 5.48. The molecular weight excluding hydrogens is 282 g/mol. The smallest absolute Gasteiger partial charge is 0.180 e. The van der Waals surface area contributed by atoms with Crippen LogP contribution in [0.1, 0.15) is 36.7 Å². The summed E-state index contributed by atoms with van der Waals surface area (Å²) in [5.41, 5.74) is 0.924. The second-order valence-electron chi connectivity index (χ2n) is 5.05. The third-order valence-corrected chi connectivity index (χ3v) is 2.98. The van der Waals surface area contributed by atoms with E-state index in [4.69, 9.17) is 0 Å². The molecule has 0 saturated carbocycles. The Labute approximate surface area is 110 Å². The van der Waals surface area contributed by atoms with Crippen molar-refractivity contribution in [3.63, 3.8) is 0 Å². The molecule has 1 aromatic rings. The van der Waals surface area contributed by atoms with Crippen LogP contribution in [0, 0.1) is 0 Å². The van der Waals surface area contributed by atoms with Gasteiger partial charge in [0.25, 0.3) is 0 Å². The number of benzene rings is 1. The first-order chi connectivity index (χ1) is 7.77. The van der Waals surface area contributed by atoms with Crippen molar-refractivity contribution in [2.24, 2.45) is 0 Å². The molecule has 0 atom stereocenters. The lowest BCUT2D eigenvalue weighted by molar-refractivity contribution is 0.0990. The van der Waals surface area contributed by atoms with Gasteiger partial charge in [0.15, 0.2) is 5.78 Å². The number of phenolic OH excluding ortho intramolecular Hbond substituents is 1. The van der Waals surface area contributed by atoms with Crippen molar-refractivity contribution >= 4 is 21.7 Å². The summed E-state index contributed by atoms with van der Waals surface area (Å²) in [4.78, 5) is 11.9. The van der Waals surface area contributed by atoms with Crippen LogP contribution in [0.2, 0.25) is 0 Å². The molecule has 0 aliphatic rings. The molecule has 0 unspecified atom stereocenters. The SMILES string of the molecule is CNCC(=O)c1cc(Br)cc(C(C)(C)C)c1O. The number of halogens is 1. The van der Waals surface area contributed by atoms with Crippen molar-refractivity contribution in [2.75, 3.05) is 13.6 Å². The van der Waals surface area contributed by atoms with Gasteiger partial charge >= 0.3 is 0 Å². The van der Waals surface area contributed by atoms with Gasteiger partial charge in [0.05, 0.1) is 12.1 Å². The zero-order valence-electron chi connectivity index (χ0n) is 10.6. The molecule has 3 nitrogen and oxygen atoms in total. The number of aromatic hydroxyl groups is 1. The Balaban J connectivity index is 3.34. The third kappa shape index (κ3) is 3.30. The highest BCUT2D eigenvalue weighted by atomic mass is 79.9. The van der Waals surface area contributed by atoms with Crippen LogP contribution in [-0.4, -0.2) is 24.5 Å². The summed E-state index contributed by atoms with van der Waals surface area (Å²) in [6.07, 6.45) is 0. The number of rotatable bonds is 3. The monoisotopic (exact) mass is 299 g/mol. The van der Waals surface area contributed by atoms with E-state index >= 15 is 0 Å². The van der Waals surface area contributed by atoms with Gasteiger partial charge in [-0.2, -0.15) is 0 Å². The summed E-state index contributed by atoms with van der Waals surface area (Å²) in [6.45, 7) is 6.22. The molecule has 0 heterocycles. The molecule has 1 aromatic carbocycles. The topological polar surface area (TPSA) is 49.3 Å². The van der Waals surface area contributed by atoms with E-state index in [2.05, 4.69) is 21.2 Å². The van der Waals surface area contributed by atoms with Gasteiger partial charge in [0, 0.05) is 10.0 Å². The summed E-state index contributed by atoms with van der Waals surface area (Å²) in [5.74, 6) is -0.0299. The van der Waals surface area contributed by atoms with Gasteiger partial charge in [-0.25, -0.2) is 0 Å². The lowest BCUT2D eigenvalue weighted by Crippen LogP contribution is -2.20. The molecule has 0 amide bonds. The minimum Gasteiger partial charge on any atom is -0.507 e. The van der Waals surface area contributed by atoms with Gasteiger partial charge in [0.2, 0.25) is 0 Å². The Hall–Kier alpha value is -0.870. The minimum absolute atomic E-state index is 0.0842. The molecule has 0 aliphatic carbocycles. The van der Waals surface area contributed by atoms with E-state index in [1.54, 1.807) is 13.1 Å². The lowest BCUT2D eigenvalue weighted by Gasteiger charge is -2.22. The number of hydrogen-bond acceptors (Lipinski definition) is 3. The maximum Gasteiger partial charge on any atom is 0.180 e. The molecular formula is C13H18BrNO2. The number of Topliss-reactive ketones (excluding diaryl/α,β-unsaturated/α-hetero) is 1. The Morgan fingerprint density at radius 2 is 2.00 bits per heavy atom. The first kappa shape index (κ1) is 14.2. The Kier molecular flexibility index (Phi) is 4.33. The van der Waals surface area contributed by atoms with Gasteiger partial charge in [-0.15, -0.1) is 0 Å². The molecule has 0 aromatic heterocycles. The van der Waals surface area contributed by atoms with E-state index in [0.717, 1.165) is 10.0 Å². The van der Waals surface area contributed by atoms with E-state index in [1.807, 2.05) is 26.8 Å². The molecule has 0 aliphatic heterocycles. The average Bonchev–Trinajstić information content (AvgIpc) is 2.19. The minimum atomic E-state index is -0.206. The molecule has 4 heteroatoms. The summed E-state index contributed by atoms with van der Waals surface area (Å²) < 4.78 is 0.805. The van der Waals surface area contributed by atoms with Crippen molar-refractivity contribution in [1.82, 2.24) is 5.32 Å². The Morgan fingerprint density at radius 1 is 1.41 bits per heavy atom. The maximum absolute atomic E-state index is 11.9. The number of likely N-dealkylation sites (N-methyl/N-ethyl adjacent to an activating group) is 1. The summed E-state index contributed by atoms with van der Waals surface area (Å²) in [6, 6.07) is 3.51. The van der Waals surface area contributed by atoms with Gasteiger partial charge < -0.3 is 10.4 Å². The van der Waals surface area contributed by atoms with E-state index in [0.29, 0.717) is 5.56 Å². The van der Waals surface area contributed by atoms with Crippen LogP contribution in [-0.2, 0) is 5.41 Å². The van der Waals surface area contributed by atoms with Crippen molar-refractivity contribution in [2.45, 2.75) is 26.2 Å².